The van der Waals surface area contributed by atoms with E-state index in [9.17, 15) is 0 Å². The van der Waals surface area contributed by atoms with Crippen molar-refractivity contribution in [2.45, 2.75) is 146 Å². The summed E-state index contributed by atoms with van der Waals surface area (Å²) in [5.74, 6) is 0.474. The number of hydrogen-bond acceptors (Lipinski definition) is 7. The summed E-state index contributed by atoms with van der Waals surface area (Å²) in [6.45, 7) is 35.7. The summed E-state index contributed by atoms with van der Waals surface area (Å²) < 4.78 is 29.6. The minimum absolute atomic E-state index is 0. The van der Waals surface area contributed by atoms with Crippen LogP contribution in [0, 0.1) is 57.1 Å². The molecule has 0 spiro atoms. The van der Waals surface area contributed by atoms with Crippen LogP contribution < -0.4 is 15.6 Å². The molecule has 649 valence electrons. The summed E-state index contributed by atoms with van der Waals surface area (Å²) in [6.07, 6.45) is 15.0. The van der Waals surface area contributed by atoms with Crippen molar-refractivity contribution in [2.75, 3.05) is 0 Å². The van der Waals surface area contributed by atoms with Crippen molar-refractivity contribution in [3.8, 4) is 73.2 Å². The molecule has 0 unspecified atom stereocenters. The van der Waals surface area contributed by atoms with E-state index in [0.717, 1.165) is 82.1 Å². The smallest absolute Gasteiger partial charge is 0.0799 e. The molecule has 0 aliphatic rings. The van der Waals surface area contributed by atoms with Crippen molar-refractivity contribution in [2.24, 2.45) is 0 Å². The predicted molar refractivity (Wildman–Crippen MR) is 538 cm³/mol. The molecule has 127 heavy (non-hydrogen) atoms. The second-order valence-corrected chi connectivity index (χ2v) is 50.9. The van der Waals surface area contributed by atoms with Gasteiger partial charge in [0.1, 0.15) is 0 Å². The van der Waals surface area contributed by atoms with E-state index in [-0.39, 0.29) is 65.9 Å². The Balaban J connectivity index is 0.000000155. The zero-order valence-corrected chi connectivity index (χ0v) is 86.3. The molecule has 0 saturated carbocycles. The number of pyridine rings is 6. The quantitative estimate of drug-likeness (QED) is 0.0751. The van der Waals surface area contributed by atoms with Gasteiger partial charge in [-0.3, -0.25) is 0 Å². The molecule has 8 nitrogen and oxygen atoms in total. The number of aryl methyl sites for hydroxylation is 6. The summed E-state index contributed by atoms with van der Waals surface area (Å²) in [5.41, 5.74) is 24.6. The zero-order valence-electron chi connectivity index (χ0n) is 78.3. The molecule has 0 bridgehead atoms. The number of nitrogens with zero attached hydrogens (tertiary/aromatic N) is 8. The molecule has 9 aromatic heterocycles. The van der Waals surface area contributed by atoms with Gasteiger partial charge in [0.2, 0.25) is 0 Å². The average Bonchev–Trinajstić information content (AvgIpc) is 1.59. The topological polar surface area (TPSA) is 87.2 Å². The van der Waals surface area contributed by atoms with Gasteiger partial charge in [-0.05, 0) is 176 Å². The molecule has 10 aromatic carbocycles. The maximum absolute atomic E-state index is 7.44. The molecule has 19 aromatic rings. The maximum Gasteiger partial charge on any atom is 0.0799 e. The van der Waals surface area contributed by atoms with Crippen LogP contribution in [-0.4, -0.2) is 63.3 Å². The fourth-order valence-corrected chi connectivity index (χ4v) is 21.9. The maximum atomic E-state index is 7.44. The van der Waals surface area contributed by atoms with Gasteiger partial charge in [0.05, 0.1) is 24.2 Å². The van der Waals surface area contributed by atoms with Crippen LogP contribution in [0.25, 0.3) is 137 Å². The van der Waals surface area contributed by atoms with E-state index in [4.69, 9.17) is 19.1 Å². The standard InChI is InChI=1S/C29H29N2Si.C25H29N2Si.C22H22NSSi.3C12H10N.3Ir/c1-20(2)24-18-26(30-19-29(24)32(3,4)5)21-15-16-28-25(17-21)23-13-9-10-14-27(23)31(28)22-11-7-6-8-12-22;1-6-10-19-16-22(26-17-25(19)28(3,4)5)18-13-14-24-21(15-18)20-11-8-9-12-23(20)27(24)7-2;1-5-15-13-19(23-14-22(15)25(2,3)4)16-10-11-21-18(12-16)17-8-6-7-9-20(17)24-21;1-10-6-5-9-13-12(10)11-7-3-2-4-8-11;1-10-7-8-13-12(9-10)11-5-3-2-4-6-11;1-10-7-8-12(13-9-10)11-5-3-2-4-6-11;;;/h6-14,16-20H,1-5H3;8-9,11-12,14-17H,6-7,10H2,1-5H3;6-9,11-14H,5H2,1-4H3;2-7,9H,1H3;2*2-5,7-9H,1H3;;;/q6*-1;;;/i;;;1D3;;;;;. The van der Waals surface area contributed by atoms with Crippen LogP contribution in [0.1, 0.15) is 84.5 Å². The number of aromatic nitrogens is 8. The van der Waals surface area contributed by atoms with Gasteiger partial charge >= 0.3 is 0 Å². The van der Waals surface area contributed by atoms with Gasteiger partial charge in [-0.15, -0.1) is 179 Å². The predicted octanol–water partition coefficient (Wildman–Crippen LogP) is 28.1. The van der Waals surface area contributed by atoms with Crippen LogP contribution in [0.4, 0.5) is 0 Å². The van der Waals surface area contributed by atoms with E-state index in [1.807, 2.05) is 103 Å². The largest absolute Gasteiger partial charge is 0.381 e. The van der Waals surface area contributed by atoms with Gasteiger partial charge < -0.3 is 39.0 Å². The Morgan fingerprint density at radius 1 is 0.378 bits per heavy atom. The molecule has 19 rings (SSSR count). The normalized spacial score (nSPS) is 11.6. The number of thiophene rings is 1. The molecule has 0 aliphatic carbocycles. The van der Waals surface area contributed by atoms with E-state index in [1.54, 1.807) is 30.5 Å². The van der Waals surface area contributed by atoms with Crippen molar-refractivity contribution in [1.29, 1.82) is 0 Å². The monoisotopic (exact) mass is 2260 g/mol. The van der Waals surface area contributed by atoms with Gasteiger partial charge in [0.15, 0.2) is 0 Å². The van der Waals surface area contributed by atoms with Crippen LogP contribution in [0.3, 0.4) is 0 Å². The van der Waals surface area contributed by atoms with Gasteiger partial charge in [0.25, 0.3) is 0 Å². The first-order chi connectivity index (χ1) is 61.1. The Morgan fingerprint density at radius 3 is 1.45 bits per heavy atom. The van der Waals surface area contributed by atoms with Crippen molar-refractivity contribution in [3.63, 3.8) is 0 Å². The minimum Gasteiger partial charge on any atom is -0.381 e. The summed E-state index contributed by atoms with van der Waals surface area (Å²) in [7, 11) is -4.21. The van der Waals surface area contributed by atoms with Crippen molar-refractivity contribution in [3.05, 3.63) is 374 Å². The van der Waals surface area contributed by atoms with Crippen molar-refractivity contribution < 1.29 is 64.4 Å². The van der Waals surface area contributed by atoms with E-state index >= 15 is 0 Å². The minimum atomic E-state index is -2.15. The molecule has 0 saturated heterocycles. The molecule has 9 heterocycles. The zero-order chi connectivity index (χ0) is 89.7. The van der Waals surface area contributed by atoms with Gasteiger partial charge in [-0.1, -0.05) is 252 Å². The number of para-hydroxylation sites is 3. The molecule has 0 amide bonds. The first kappa shape index (κ1) is 92.7. The Bertz CT molecular complexity index is 6990. The van der Waals surface area contributed by atoms with E-state index in [0.29, 0.717) is 17.2 Å². The van der Waals surface area contributed by atoms with Crippen LogP contribution in [-0.2, 0) is 79.7 Å². The second kappa shape index (κ2) is 44.0. The first-order valence-electron chi connectivity index (χ1n) is 44.5. The third-order valence-electron chi connectivity index (χ3n) is 22.2. The number of rotatable bonds is 15. The number of hydrogen-bond donors (Lipinski definition) is 0. The molecule has 3 radical (unpaired) electrons. The van der Waals surface area contributed by atoms with Gasteiger partial charge in [-0.2, -0.15) is 11.3 Å². The summed E-state index contributed by atoms with van der Waals surface area (Å²) >= 11 is 1.83. The third-order valence-corrected chi connectivity index (χ3v) is 29.5. The average molecular weight is 2260 g/mol. The number of benzene rings is 10. The molecule has 0 aliphatic heterocycles. The van der Waals surface area contributed by atoms with Crippen LogP contribution in [0.5, 0.6) is 0 Å². The molecule has 0 N–H and O–H groups in total. The van der Waals surface area contributed by atoms with E-state index in [1.165, 1.54) is 113 Å². The van der Waals surface area contributed by atoms with E-state index < -0.39 is 31.1 Å². The summed E-state index contributed by atoms with van der Waals surface area (Å²) in [4.78, 5) is 27.3. The Kier molecular flexibility index (Phi) is 32.1. The third kappa shape index (κ3) is 23.3. The molecular weight excluding hydrogens is 2150 g/mol. The SMILES string of the molecule is CC(C)c1cc(-c2[c-]cc3c(c2)c2ccccc2n3-c2ccccc2)ncc1[Si](C)(C)C.CCCc1cc(-c2[c-]cc3c(c2)c2ccccc2n3CC)ncc1[Si](C)(C)C.CCc1cc(-c2[c-]cc3sc4ccccc4c3c2)ncc1[Si](C)(C)C.Cc1ccc(-c2[c-]cccc2)nc1.Cc1ccnc(-c2[c-]cccc2)c1.[2H]C([2H])([2H])c1cccnc1-c1[c-]cccc1.[Ir].[Ir].[Ir]. The molecular formula is C112H110Ir3N8SSi3-6. The van der Waals surface area contributed by atoms with Crippen LogP contribution >= 0.6 is 11.3 Å². The number of fused-ring (bicyclic) bond motifs is 9. The molecule has 0 atom stereocenters. The Morgan fingerprint density at radius 2 is 0.882 bits per heavy atom. The Hall–Kier alpha value is -10.5. The molecule has 15 heteroatoms. The van der Waals surface area contributed by atoms with Crippen molar-refractivity contribution in [1.82, 2.24) is 39.0 Å². The summed E-state index contributed by atoms with van der Waals surface area (Å²) in [6, 6.07) is 111. The van der Waals surface area contributed by atoms with Crippen molar-refractivity contribution >= 4 is 115 Å². The second-order valence-electron chi connectivity index (χ2n) is 34.7. The summed E-state index contributed by atoms with van der Waals surface area (Å²) in [5, 5.41) is 12.1. The van der Waals surface area contributed by atoms with Crippen LogP contribution in [0.15, 0.2) is 304 Å². The van der Waals surface area contributed by atoms with Gasteiger partial charge in [-0.25, -0.2) is 0 Å². The molecule has 0 fully saturated rings. The fraction of sp³-hybridized carbons (Fsp3) is 0.196. The van der Waals surface area contributed by atoms with Crippen LogP contribution in [0.2, 0.25) is 58.9 Å². The fourth-order valence-electron chi connectivity index (χ4n) is 15.9. The Labute approximate surface area is 804 Å². The van der Waals surface area contributed by atoms with E-state index in [2.05, 4.69) is 349 Å². The van der Waals surface area contributed by atoms with Gasteiger partial charge in [0, 0.05) is 130 Å². The first-order valence-corrected chi connectivity index (χ1v) is 54.4.